The van der Waals surface area contributed by atoms with Crippen molar-refractivity contribution in [3.63, 3.8) is 0 Å². The standard InChI is InChI=1S/C26H24FN5O/c1-26(20-6-3-18(4-7-20)5-14-25-28-30-31(2)29-25)24-13-12-23(33)17-19(24)15-16-32(26)22-10-8-21(27)9-11-22/h3-14,17,33H,15-16H2,1-2H3/b14-5+. The summed E-state index contributed by atoms with van der Waals surface area (Å²) in [6.07, 6.45) is 4.57. The zero-order valence-electron chi connectivity index (χ0n) is 18.5. The molecular formula is C26H24FN5O. The Morgan fingerprint density at radius 3 is 2.45 bits per heavy atom. The van der Waals surface area contributed by atoms with Gasteiger partial charge in [0.05, 0.1) is 12.6 Å². The van der Waals surface area contributed by atoms with Gasteiger partial charge in [-0.1, -0.05) is 36.4 Å². The van der Waals surface area contributed by atoms with Crippen LogP contribution in [0, 0.1) is 5.82 Å². The zero-order valence-corrected chi connectivity index (χ0v) is 18.5. The van der Waals surface area contributed by atoms with Crippen LogP contribution in [0.5, 0.6) is 5.75 Å². The lowest BCUT2D eigenvalue weighted by molar-refractivity contribution is 0.463. The predicted octanol–water partition coefficient (Wildman–Crippen LogP) is 4.55. The normalized spacial score (nSPS) is 18.0. The van der Waals surface area contributed by atoms with Crippen LogP contribution in [0.3, 0.4) is 0 Å². The number of anilines is 1. The summed E-state index contributed by atoms with van der Waals surface area (Å²) in [6, 6.07) is 20.6. The van der Waals surface area contributed by atoms with Crippen LogP contribution in [0.1, 0.15) is 35.0 Å². The van der Waals surface area contributed by atoms with Crippen molar-refractivity contribution >= 4 is 17.8 Å². The summed E-state index contributed by atoms with van der Waals surface area (Å²) in [7, 11) is 1.73. The minimum absolute atomic E-state index is 0.253. The number of halogens is 1. The van der Waals surface area contributed by atoms with Gasteiger partial charge in [0.25, 0.3) is 0 Å². The Morgan fingerprint density at radius 1 is 1.00 bits per heavy atom. The number of rotatable bonds is 4. The molecule has 0 spiro atoms. The first kappa shape index (κ1) is 20.9. The van der Waals surface area contributed by atoms with Crippen LogP contribution in [0.25, 0.3) is 12.2 Å². The van der Waals surface area contributed by atoms with E-state index >= 15 is 0 Å². The smallest absolute Gasteiger partial charge is 0.197 e. The van der Waals surface area contributed by atoms with E-state index in [9.17, 15) is 9.50 Å². The molecule has 1 aliphatic heterocycles. The van der Waals surface area contributed by atoms with Gasteiger partial charge in [-0.25, -0.2) is 4.39 Å². The Kier molecular flexibility index (Phi) is 5.17. The van der Waals surface area contributed by atoms with Gasteiger partial charge in [-0.15, -0.1) is 10.2 Å². The highest BCUT2D eigenvalue weighted by molar-refractivity contribution is 5.67. The van der Waals surface area contributed by atoms with Crippen LogP contribution < -0.4 is 4.90 Å². The Bertz CT molecular complexity index is 1310. The fourth-order valence-electron chi connectivity index (χ4n) is 4.64. The number of aryl methyl sites for hydroxylation is 1. The Labute approximate surface area is 191 Å². The number of aromatic hydroxyl groups is 1. The first-order valence-corrected chi connectivity index (χ1v) is 10.8. The molecule has 1 aliphatic rings. The second-order valence-corrected chi connectivity index (χ2v) is 8.38. The van der Waals surface area contributed by atoms with Crippen LogP contribution in [-0.4, -0.2) is 31.9 Å². The molecule has 166 valence electrons. The maximum Gasteiger partial charge on any atom is 0.197 e. The first-order chi connectivity index (χ1) is 15.9. The monoisotopic (exact) mass is 441 g/mol. The molecular weight excluding hydrogens is 417 g/mol. The molecule has 1 N–H and O–H groups in total. The van der Waals surface area contributed by atoms with Gasteiger partial charge in [0, 0.05) is 12.2 Å². The largest absolute Gasteiger partial charge is 0.508 e. The number of fused-ring (bicyclic) bond motifs is 1. The highest BCUT2D eigenvalue weighted by atomic mass is 19.1. The van der Waals surface area contributed by atoms with Gasteiger partial charge in [-0.05, 0) is 83.3 Å². The number of aromatic nitrogens is 4. The molecule has 3 aromatic carbocycles. The van der Waals surface area contributed by atoms with E-state index in [-0.39, 0.29) is 11.6 Å². The van der Waals surface area contributed by atoms with Crippen molar-refractivity contribution in [2.75, 3.05) is 11.4 Å². The Balaban J connectivity index is 1.55. The molecule has 0 amide bonds. The maximum absolute atomic E-state index is 13.6. The zero-order chi connectivity index (χ0) is 23.0. The summed E-state index contributed by atoms with van der Waals surface area (Å²) in [4.78, 5) is 3.73. The summed E-state index contributed by atoms with van der Waals surface area (Å²) in [5.74, 6) is 0.568. The number of phenolic OH excluding ortho intramolecular Hbond substituents is 1. The lowest BCUT2D eigenvalue weighted by Gasteiger charge is -2.48. The van der Waals surface area contributed by atoms with Crippen molar-refractivity contribution in [1.82, 2.24) is 20.2 Å². The summed E-state index contributed by atoms with van der Waals surface area (Å²) in [5.41, 5.74) is 4.83. The highest BCUT2D eigenvalue weighted by Crippen LogP contribution is 2.44. The van der Waals surface area contributed by atoms with Crippen LogP contribution in [0.15, 0.2) is 66.7 Å². The molecule has 6 nitrogen and oxygen atoms in total. The number of hydrogen-bond donors (Lipinski definition) is 1. The molecule has 0 fully saturated rings. The molecule has 4 aromatic rings. The van der Waals surface area contributed by atoms with Crippen LogP contribution in [0.2, 0.25) is 0 Å². The molecule has 0 saturated carbocycles. The van der Waals surface area contributed by atoms with Crippen molar-refractivity contribution < 1.29 is 9.50 Å². The van der Waals surface area contributed by atoms with Gasteiger partial charge in [-0.2, -0.15) is 4.80 Å². The van der Waals surface area contributed by atoms with E-state index in [1.54, 1.807) is 13.1 Å². The average molecular weight is 442 g/mol. The second-order valence-electron chi connectivity index (χ2n) is 8.38. The minimum Gasteiger partial charge on any atom is -0.508 e. The van der Waals surface area contributed by atoms with Crippen molar-refractivity contribution in [1.29, 1.82) is 0 Å². The van der Waals surface area contributed by atoms with Crippen LogP contribution >= 0.6 is 0 Å². The fraction of sp³-hybridized carbons (Fsp3) is 0.192. The van der Waals surface area contributed by atoms with Gasteiger partial charge in [0.2, 0.25) is 0 Å². The number of tetrazole rings is 1. The number of hydrogen-bond acceptors (Lipinski definition) is 5. The van der Waals surface area contributed by atoms with Crippen LogP contribution in [0.4, 0.5) is 10.1 Å². The topological polar surface area (TPSA) is 67.1 Å². The number of phenols is 1. The molecule has 5 rings (SSSR count). The van der Waals surface area contributed by atoms with Crippen molar-refractivity contribution in [2.45, 2.75) is 18.9 Å². The molecule has 33 heavy (non-hydrogen) atoms. The molecule has 2 heterocycles. The van der Waals surface area contributed by atoms with Gasteiger partial charge in [-0.3, -0.25) is 0 Å². The Morgan fingerprint density at radius 2 is 1.76 bits per heavy atom. The SMILES string of the molecule is Cn1nnc(/C=C/c2ccc(C3(C)c4ccc(O)cc4CCN3c3ccc(F)cc3)cc2)n1. The third-order valence-corrected chi connectivity index (χ3v) is 6.32. The highest BCUT2D eigenvalue weighted by Gasteiger charge is 2.40. The maximum atomic E-state index is 13.6. The van der Waals surface area contributed by atoms with E-state index in [1.165, 1.54) is 16.9 Å². The van der Waals surface area contributed by atoms with Gasteiger partial charge < -0.3 is 10.0 Å². The number of benzene rings is 3. The molecule has 0 bridgehead atoms. The van der Waals surface area contributed by atoms with Crippen molar-refractivity contribution in [2.24, 2.45) is 7.05 Å². The van der Waals surface area contributed by atoms with Gasteiger partial charge in [0.1, 0.15) is 11.6 Å². The van der Waals surface area contributed by atoms with Crippen LogP contribution in [-0.2, 0) is 19.0 Å². The van der Waals surface area contributed by atoms with E-state index in [2.05, 4.69) is 51.5 Å². The van der Waals surface area contributed by atoms with E-state index < -0.39 is 5.54 Å². The van der Waals surface area contributed by atoms with E-state index in [0.717, 1.165) is 40.9 Å². The molecule has 1 atom stereocenters. The molecule has 0 radical (unpaired) electrons. The lowest BCUT2D eigenvalue weighted by Crippen LogP contribution is -2.49. The summed E-state index contributed by atoms with van der Waals surface area (Å²) in [6.45, 7) is 2.93. The van der Waals surface area contributed by atoms with Gasteiger partial charge >= 0.3 is 0 Å². The lowest BCUT2D eigenvalue weighted by atomic mass is 9.76. The van der Waals surface area contributed by atoms with E-state index in [4.69, 9.17) is 0 Å². The summed E-state index contributed by atoms with van der Waals surface area (Å²) in [5, 5.41) is 22.0. The molecule has 7 heteroatoms. The number of nitrogens with zero attached hydrogens (tertiary/aromatic N) is 5. The third-order valence-electron chi connectivity index (χ3n) is 6.32. The third kappa shape index (κ3) is 3.86. The summed E-state index contributed by atoms with van der Waals surface area (Å²) < 4.78 is 13.6. The van der Waals surface area contributed by atoms with E-state index in [1.807, 2.05) is 36.4 Å². The molecule has 0 saturated heterocycles. The predicted molar refractivity (Wildman–Crippen MR) is 126 cm³/mol. The first-order valence-electron chi connectivity index (χ1n) is 10.8. The van der Waals surface area contributed by atoms with Crippen molar-refractivity contribution in [3.8, 4) is 5.75 Å². The average Bonchev–Trinajstić information content (AvgIpc) is 3.24. The molecule has 0 aliphatic carbocycles. The summed E-state index contributed by atoms with van der Waals surface area (Å²) >= 11 is 0. The molecule has 1 unspecified atom stereocenters. The quantitative estimate of drug-likeness (QED) is 0.503. The fourth-order valence-corrected chi connectivity index (χ4v) is 4.64. The minimum atomic E-state index is -0.492. The van der Waals surface area contributed by atoms with E-state index in [0.29, 0.717) is 5.82 Å². The second kappa shape index (κ2) is 8.16. The van der Waals surface area contributed by atoms with Crippen molar-refractivity contribution in [3.05, 3.63) is 101 Å². The Hall–Kier alpha value is -4.00. The van der Waals surface area contributed by atoms with Gasteiger partial charge in [0.15, 0.2) is 5.82 Å². The molecule has 1 aromatic heterocycles.